The zero-order valence-electron chi connectivity index (χ0n) is 11.1. The van der Waals surface area contributed by atoms with Gasteiger partial charge in [-0.3, -0.25) is 0 Å². The Labute approximate surface area is 136 Å². The lowest BCUT2D eigenvalue weighted by molar-refractivity contribution is 0.524. The lowest BCUT2D eigenvalue weighted by atomic mass is 10.0. The van der Waals surface area contributed by atoms with Crippen LogP contribution in [0.3, 0.4) is 0 Å². The smallest absolute Gasteiger partial charge is 0.124 e. The molecular formula is C15H16BrClFNS. The van der Waals surface area contributed by atoms with Gasteiger partial charge in [0.25, 0.3) is 0 Å². The molecular weight excluding hydrogens is 361 g/mol. The summed E-state index contributed by atoms with van der Waals surface area (Å²) in [4.78, 5) is 1.32. The molecule has 0 saturated heterocycles. The van der Waals surface area contributed by atoms with Crippen molar-refractivity contribution in [1.29, 1.82) is 0 Å². The summed E-state index contributed by atoms with van der Waals surface area (Å²) >= 11 is 11.3. The molecule has 1 atom stereocenters. The molecule has 2 aromatic rings. The molecule has 0 saturated carbocycles. The quantitative estimate of drug-likeness (QED) is 0.742. The highest BCUT2D eigenvalue weighted by molar-refractivity contribution is 9.11. The van der Waals surface area contributed by atoms with Crippen molar-refractivity contribution >= 4 is 38.9 Å². The number of hydrogen-bond acceptors (Lipinski definition) is 2. The third-order valence-corrected chi connectivity index (χ3v) is 5.05. The van der Waals surface area contributed by atoms with Gasteiger partial charge in [0, 0.05) is 15.9 Å². The van der Waals surface area contributed by atoms with E-state index in [1.54, 1.807) is 17.4 Å². The second-order valence-electron chi connectivity index (χ2n) is 4.60. The molecule has 0 radical (unpaired) electrons. The molecule has 0 spiro atoms. The Balaban J connectivity index is 2.08. The molecule has 0 amide bonds. The van der Waals surface area contributed by atoms with Gasteiger partial charge in [-0.2, -0.15) is 0 Å². The lowest BCUT2D eigenvalue weighted by Crippen LogP contribution is -2.32. The first-order chi connectivity index (χ1) is 9.58. The van der Waals surface area contributed by atoms with Crippen LogP contribution < -0.4 is 5.32 Å². The Kier molecular flexibility index (Phi) is 6.02. The van der Waals surface area contributed by atoms with Crippen molar-refractivity contribution in [3.63, 3.8) is 0 Å². The van der Waals surface area contributed by atoms with E-state index in [2.05, 4.69) is 40.3 Å². The minimum Gasteiger partial charge on any atom is -0.314 e. The van der Waals surface area contributed by atoms with Crippen molar-refractivity contribution in [1.82, 2.24) is 5.32 Å². The highest BCUT2D eigenvalue weighted by atomic mass is 79.9. The van der Waals surface area contributed by atoms with Gasteiger partial charge in [-0.15, -0.1) is 11.3 Å². The molecule has 1 aromatic heterocycles. The van der Waals surface area contributed by atoms with Crippen molar-refractivity contribution in [2.45, 2.75) is 25.8 Å². The molecule has 0 fully saturated rings. The van der Waals surface area contributed by atoms with Gasteiger partial charge in [-0.05, 0) is 65.1 Å². The Morgan fingerprint density at radius 3 is 2.70 bits per heavy atom. The van der Waals surface area contributed by atoms with E-state index in [0.29, 0.717) is 11.1 Å². The monoisotopic (exact) mass is 375 g/mol. The highest BCUT2D eigenvalue weighted by Gasteiger charge is 2.13. The van der Waals surface area contributed by atoms with Crippen LogP contribution in [0.2, 0.25) is 5.02 Å². The third kappa shape index (κ3) is 4.55. The maximum atomic E-state index is 13.1. The van der Waals surface area contributed by atoms with Crippen LogP contribution in [0.1, 0.15) is 17.4 Å². The van der Waals surface area contributed by atoms with Gasteiger partial charge in [-0.25, -0.2) is 4.39 Å². The molecule has 1 heterocycles. The van der Waals surface area contributed by atoms with Gasteiger partial charge in [0.15, 0.2) is 0 Å². The Hall–Kier alpha value is -0.420. The molecule has 0 bridgehead atoms. The summed E-state index contributed by atoms with van der Waals surface area (Å²) in [5, 5.41) is 3.97. The minimum atomic E-state index is -0.291. The average Bonchev–Trinajstić information content (AvgIpc) is 2.78. The Bertz CT molecular complexity index is 573. The van der Waals surface area contributed by atoms with E-state index in [0.717, 1.165) is 28.7 Å². The lowest BCUT2D eigenvalue weighted by Gasteiger charge is -2.18. The van der Waals surface area contributed by atoms with Gasteiger partial charge < -0.3 is 5.32 Å². The highest BCUT2D eigenvalue weighted by Crippen LogP contribution is 2.25. The molecule has 1 N–H and O–H groups in total. The second-order valence-corrected chi connectivity index (χ2v) is 7.56. The SMILES string of the molecule is CCNC(Cc1ccc(Br)s1)Cc1ccc(F)cc1Cl. The van der Waals surface area contributed by atoms with Crippen LogP contribution in [0.15, 0.2) is 34.1 Å². The first-order valence-electron chi connectivity index (χ1n) is 6.50. The average molecular weight is 377 g/mol. The van der Waals surface area contributed by atoms with Crippen LogP contribution in [-0.4, -0.2) is 12.6 Å². The normalized spacial score (nSPS) is 12.6. The minimum absolute atomic E-state index is 0.291. The van der Waals surface area contributed by atoms with Gasteiger partial charge in [0.1, 0.15) is 5.82 Å². The Morgan fingerprint density at radius 2 is 2.10 bits per heavy atom. The summed E-state index contributed by atoms with van der Waals surface area (Å²) in [6.45, 7) is 2.99. The summed E-state index contributed by atoms with van der Waals surface area (Å²) in [5.74, 6) is -0.291. The van der Waals surface area contributed by atoms with E-state index in [1.807, 2.05) is 0 Å². The molecule has 0 aliphatic heterocycles. The van der Waals surface area contributed by atoms with Crippen molar-refractivity contribution in [2.75, 3.05) is 6.54 Å². The van der Waals surface area contributed by atoms with Gasteiger partial charge in [0.05, 0.1) is 3.79 Å². The third-order valence-electron chi connectivity index (χ3n) is 3.05. The summed E-state index contributed by atoms with van der Waals surface area (Å²) in [6.07, 6.45) is 1.74. The van der Waals surface area contributed by atoms with E-state index in [9.17, 15) is 4.39 Å². The van der Waals surface area contributed by atoms with E-state index < -0.39 is 0 Å². The van der Waals surface area contributed by atoms with Gasteiger partial charge in [-0.1, -0.05) is 24.6 Å². The van der Waals surface area contributed by atoms with E-state index in [4.69, 9.17) is 11.6 Å². The molecule has 20 heavy (non-hydrogen) atoms. The first-order valence-corrected chi connectivity index (χ1v) is 8.48. The summed E-state index contributed by atoms with van der Waals surface area (Å²) < 4.78 is 14.2. The van der Waals surface area contributed by atoms with Crippen LogP contribution in [0.4, 0.5) is 4.39 Å². The molecule has 5 heteroatoms. The zero-order chi connectivity index (χ0) is 14.5. The fraction of sp³-hybridized carbons (Fsp3) is 0.333. The number of thiophene rings is 1. The zero-order valence-corrected chi connectivity index (χ0v) is 14.3. The van der Waals surface area contributed by atoms with Crippen molar-refractivity contribution in [3.8, 4) is 0 Å². The molecule has 0 aliphatic rings. The van der Waals surface area contributed by atoms with Crippen molar-refractivity contribution in [3.05, 3.63) is 55.4 Å². The van der Waals surface area contributed by atoms with Crippen LogP contribution in [-0.2, 0) is 12.8 Å². The van der Waals surface area contributed by atoms with E-state index in [-0.39, 0.29) is 5.82 Å². The number of rotatable bonds is 6. The second kappa shape index (κ2) is 7.55. The molecule has 1 unspecified atom stereocenters. The fourth-order valence-electron chi connectivity index (χ4n) is 2.16. The van der Waals surface area contributed by atoms with E-state index in [1.165, 1.54) is 17.0 Å². The van der Waals surface area contributed by atoms with Crippen LogP contribution in [0.5, 0.6) is 0 Å². The predicted molar refractivity (Wildman–Crippen MR) is 88.3 cm³/mol. The maximum absolute atomic E-state index is 13.1. The van der Waals surface area contributed by atoms with Crippen molar-refractivity contribution in [2.24, 2.45) is 0 Å². The Morgan fingerprint density at radius 1 is 1.30 bits per heavy atom. The maximum Gasteiger partial charge on any atom is 0.124 e. The predicted octanol–water partition coefficient (Wildman–Crippen LogP) is 5.07. The van der Waals surface area contributed by atoms with Crippen molar-refractivity contribution < 1.29 is 4.39 Å². The van der Waals surface area contributed by atoms with Crippen LogP contribution in [0, 0.1) is 5.82 Å². The number of hydrogen-bond donors (Lipinski definition) is 1. The van der Waals surface area contributed by atoms with Crippen LogP contribution in [0.25, 0.3) is 0 Å². The molecule has 1 nitrogen and oxygen atoms in total. The number of nitrogens with one attached hydrogen (secondary N) is 1. The molecule has 0 aliphatic carbocycles. The first kappa shape index (κ1) is 16.0. The number of benzene rings is 1. The number of halogens is 3. The van der Waals surface area contributed by atoms with E-state index >= 15 is 0 Å². The molecule has 2 rings (SSSR count). The fourth-order valence-corrected chi connectivity index (χ4v) is 3.97. The molecule has 108 valence electrons. The summed E-state index contributed by atoms with van der Waals surface area (Å²) in [5.41, 5.74) is 0.981. The van der Waals surface area contributed by atoms with Gasteiger partial charge >= 0.3 is 0 Å². The standard InChI is InChI=1S/C15H16BrClFNS/c1-2-19-12(9-13-5-6-15(16)20-13)7-10-3-4-11(18)8-14(10)17/h3-6,8,12,19H,2,7,9H2,1H3. The number of likely N-dealkylation sites (N-methyl/N-ethyl adjacent to an activating group) is 1. The summed E-state index contributed by atoms with van der Waals surface area (Å²) in [7, 11) is 0. The van der Waals surface area contributed by atoms with Gasteiger partial charge in [0.2, 0.25) is 0 Å². The summed E-state index contributed by atoms with van der Waals surface area (Å²) in [6, 6.07) is 9.10. The largest absolute Gasteiger partial charge is 0.314 e. The topological polar surface area (TPSA) is 12.0 Å². The molecule has 1 aromatic carbocycles. The van der Waals surface area contributed by atoms with Crippen LogP contribution >= 0.6 is 38.9 Å².